The van der Waals surface area contributed by atoms with E-state index in [0.717, 1.165) is 5.69 Å². The maximum absolute atomic E-state index is 13.5. The number of rotatable bonds is 1. The van der Waals surface area contributed by atoms with Gasteiger partial charge in [-0.1, -0.05) is 20.8 Å². The summed E-state index contributed by atoms with van der Waals surface area (Å²) in [4.78, 5) is 14.6. The molecule has 0 spiro atoms. The van der Waals surface area contributed by atoms with Crippen molar-refractivity contribution in [1.29, 1.82) is 0 Å². The number of amides is 1. The van der Waals surface area contributed by atoms with Gasteiger partial charge in [-0.3, -0.25) is 9.48 Å². The molecule has 0 N–H and O–H groups in total. The second-order valence-electron chi connectivity index (χ2n) is 7.12. The minimum atomic E-state index is -0.331. The van der Waals surface area contributed by atoms with Crippen molar-refractivity contribution in [3.05, 3.63) is 47.0 Å². The number of carbonyl (C=O) groups excluding carboxylic acids is 1. The topological polar surface area (TPSA) is 47.4 Å². The van der Waals surface area contributed by atoms with E-state index in [-0.39, 0.29) is 17.1 Å². The van der Waals surface area contributed by atoms with Crippen LogP contribution in [0.5, 0.6) is 5.75 Å². The summed E-state index contributed by atoms with van der Waals surface area (Å²) < 4.78 is 20.7. The summed E-state index contributed by atoms with van der Waals surface area (Å²) in [5, 5.41) is 4.46. The molecule has 1 aliphatic heterocycles. The number of aryl methyl sites for hydroxylation is 1. The fourth-order valence-corrected chi connectivity index (χ4v) is 2.73. The molecular formula is C18H22FN3O2. The van der Waals surface area contributed by atoms with Crippen molar-refractivity contribution in [1.82, 2.24) is 14.7 Å². The van der Waals surface area contributed by atoms with E-state index in [0.29, 0.717) is 36.7 Å². The Balaban J connectivity index is 1.89. The van der Waals surface area contributed by atoms with E-state index in [1.807, 2.05) is 6.07 Å². The van der Waals surface area contributed by atoms with Crippen molar-refractivity contribution in [3.8, 4) is 5.75 Å². The molecule has 0 unspecified atom stereocenters. The van der Waals surface area contributed by atoms with Gasteiger partial charge in [-0.25, -0.2) is 4.39 Å². The van der Waals surface area contributed by atoms with Crippen molar-refractivity contribution in [2.24, 2.45) is 7.05 Å². The molecule has 0 bridgehead atoms. The number of hydrogen-bond donors (Lipinski definition) is 0. The lowest BCUT2D eigenvalue weighted by Crippen LogP contribution is -2.33. The van der Waals surface area contributed by atoms with Crippen LogP contribution in [0.25, 0.3) is 0 Å². The smallest absolute Gasteiger partial charge is 0.272 e. The number of carbonyl (C=O) groups is 1. The lowest BCUT2D eigenvalue weighted by atomic mass is 9.92. The molecule has 1 aromatic heterocycles. The van der Waals surface area contributed by atoms with Crippen LogP contribution in [-0.4, -0.2) is 33.7 Å². The van der Waals surface area contributed by atoms with Gasteiger partial charge >= 0.3 is 0 Å². The van der Waals surface area contributed by atoms with Crippen LogP contribution in [0.15, 0.2) is 24.3 Å². The van der Waals surface area contributed by atoms with Crippen LogP contribution in [0.4, 0.5) is 4.39 Å². The van der Waals surface area contributed by atoms with Gasteiger partial charge in [0.1, 0.15) is 23.9 Å². The third-order valence-corrected chi connectivity index (χ3v) is 4.16. The normalized spacial score (nSPS) is 14.8. The molecule has 0 radical (unpaired) electrons. The summed E-state index contributed by atoms with van der Waals surface area (Å²) in [6, 6.07) is 6.23. The Morgan fingerprint density at radius 1 is 1.29 bits per heavy atom. The molecule has 1 amide bonds. The fourth-order valence-electron chi connectivity index (χ4n) is 2.73. The van der Waals surface area contributed by atoms with Crippen LogP contribution in [-0.2, 0) is 19.0 Å². The molecule has 0 fully saturated rings. The summed E-state index contributed by atoms with van der Waals surface area (Å²) in [6.45, 7) is 7.33. The first-order valence-corrected chi connectivity index (χ1v) is 8.01. The maximum Gasteiger partial charge on any atom is 0.272 e. The third kappa shape index (κ3) is 3.13. The quantitative estimate of drug-likeness (QED) is 0.807. The number of hydrogen-bond acceptors (Lipinski definition) is 3. The molecule has 128 valence electrons. The predicted octanol–water partition coefficient (Wildman–Crippen LogP) is 2.89. The van der Waals surface area contributed by atoms with E-state index in [4.69, 9.17) is 4.74 Å². The Kier molecular flexibility index (Phi) is 4.07. The Morgan fingerprint density at radius 2 is 2.04 bits per heavy atom. The van der Waals surface area contributed by atoms with Crippen molar-refractivity contribution in [2.45, 2.75) is 32.7 Å². The Hall–Kier alpha value is -2.37. The number of halogens is 1. The van der Waals surface area contributed by atoms with E-state index < -0.39 is 0 Å². The SMILES string of the molecule is Cn1nc(C(C)(C)C)cc1C(=O)N1CCOc2ccc(F)cc2C1. The minimum Gasteiger partial charge on any atom is -0.491 e. The van der Waals surface area contributed by atoms with Crippen LogP contribution in [0.2, 0.25) is 0 Å². The van der Waals surface area contributed by atoms with Crippen LogP contribution in [0, 0.1) is 5.82 Å². The average Bonchev–Trinajstić information content (AvgIpc) is 2.77. The molecule has 2 aromatic rings. The van der Waals surface area contributed by atoms with Gasteiger partial charge < -0.3 is 9.64 Å². The number of aromatic nitrogens is 2. The standard InChI is InChI=1S/C18H22FN3O2/c1-18(2,3)16-10-14(21(4)20-16)17(23)22-7-8-24-15-6-5-13(19)9-12(15)11-22/h5-6,9-10H,7-8,11H2,1-4H3. The number of ether oxygens (including phenoxy) is 1. The monoisotopic (exact) mass is 331 g/mol. The molecular weight excluding hydrogens is 309 g/mol. The summed E-state index contributed by atoms with van der Waals surface area (Å²) in [6.07, 6.45) is 0. The van der Waals surface area contributed by atoms with Gasteiger partial charge in [0.2, 0.25) is 0 Å². The second kappa shape index (κ2) is 5.92. The van der Waals surface area contributed by atoms with Crippen LogP contribution in [0.3, 0.4) is 0 Å². The van der Waals surface area contributed by atoms with Crippen molar-refractivity contribution in [2.75, 3.05) is 13.2 Å². The highest BCUT2D eigenvalue weighted by atomic mass is 19.1. The molecule has 0 saturated carbocycles. The lowest BCUT2D eigenvalue weighted by Gasteiger charge is -2.19. The fraction of sp³-hybridized carbons (Fsp3) is 0.444. The van der Waals surface area contributed by atoms with Crippen molar-refractivity contribution >= 4 is 5.91 Å². The first-order valence-electron chi connectivity index (χ1n) is 8.01. The van der Waals surface area contributed by atoms with Gasteiger partial charge in [-0.05, 0) is 24.3 Å². The summed E-state index contributed by atoms with van der Waals surface area (Å²) in [5.41, 5.74) is 1.94. The zero-order valence-corrected chi connectivity index (χ0v) is 14.5. The summed E-state index contributed by atoms with van der Waals surface area (Å²) >= 11 is 0. The van der Waals surface area contributed by atoms with Gasteiger partial charge in [0, 0.05) is 24.6 Å². The molecule has 0 saturated heterocycles. The molecule has 0 atom stereocenters. The molecule has 2 heterocycles. The highest BCUT2D eigenvalue weighted by Crippen LogP contribution is 2.26. The van der Waals surface area contributed by atoms with E-state index in [2.05, 4.69) is 25.9 Å². The maximum atomic E-state index is 13.5. The van der Waals surface area contributed by atoms with E-state index in [9.17, 15) is 9.18 Å². The van der Waals surface area contributed by atoms with Crippen molar-refractivity contribution in [3.63, 3.8) is 0 Å². The van der Waals surface area contributed by atoms with E-state index in [1.54, 1.807) is 22.7 Å². The number of fused-ring (bicyclic) bond motifs is 1. The highest BCUT2D eigenvalue weighted by Gasteiger charge is 2.26. The molecule has 24 heavy (non-hydrogen) atoms. The Labute approximate surface area is 141 Å². The van der Waals surface area contributed by atoms with E-state index in [1.165, 1.54) is 12.1 Å². The first-order chi connectivity index (χ1) is 11.3. The van der Waals surface area contributed by atoms with Gasteiger partial charge in [-0.15, -0.1) is 0 Å². The number of benzene rings is 1. The largest absolute Gasteiger partial charge is 0.491 e. The second-order valence-corrected chi connectivity index (χ2v) is 7.12. The lowest BCUT2D eigenvalue weighted by molar-refractivity contribution is 0.0722. The zero-order chi connectivity index (χ0) is 17.5. The van der Waals surface area contributed by atoms with Gasteiger partial charge in [0.05, 0.1) is 12.2 Å². The van der Waals surface area contributed by atoms with Crippen LogP contribution < -0.4 is 4.74 Å². The highest BCUT2D eigenvalue weighted by molar-refractivity contribution is 5.92. The van der Waals surface area contributed by atoms with Crippen LogP contribution >= 0.6 is 0 Å². The molecule has 3 rings (SSSR count). The third-order valence-electron chi connectivity index (χ3n) is 4.16. The molecule has 5 nitrogen and oxygen atoms in total. The van der Waals surface area contributed by atoms with Gasteiger partial charge in [0.25, 0.3) is 5.91 Å². The minimum absolute atomic E-state index is 0.124. The molecule has 1 aliphatic rings. The van der Waals surface area contributed by atoms with Gasteiger partial charge in [0.15, 0.2) is 0 Å². The molecule has 6 heteroatoms. The zero-order valence-electron chi connectivity index (χ0n) is 14.5. The van der Waals surface area contributed by atoms with Crippen LogP contribution in [0.1, 0.15) is 42.5 Å². The Bertz CT molecular complexity index is 777. The first kappa shape index (κ1) is 16.5. The van der Waals surface area contributed by atoms with Crippen molar-refractivity contribution < 1.29 is 13.9 Å². The average molecular weight is 331 g/mol. The number of nitrogens with zero attached hydrogens (tertiary/aromatic N) is 3. The van der Waals surface area contributed by atoms with Gasteiger partial charge in [-0.2, -0.15) is 5.10 Å². The molecule has 1 aromatic carbocycles. The summed E-state index contributed by atoms with van der Waals surface area (Å²) in [7, 11) is 1.77. The summed E-state index contributed by atoms with van der Waals surface area (Å²) in [5.74, 6) is 0.176. The predicted molar refractivity (Wildman–Crippen MR) is 88.5 cm³/mol. The molecule has 0 aliphatic carbocycles. The van der Waals surface area contributed by atoms with E-state index >= 15 is 0 Å². The Morgan fingerprint density at radius 3 is 2.71 bits per heavy atom.